The second kappa shape index (κ2) is 8.03. The first kappa shape index (κ1) is 14.9. The van der Waals surface area contributed by atoms with Crippen molar-refractivity contribution in [3.63, 3.8) is 0 Å². The molecule has 0 atom stereocenters. The lowest BCUT2D eigenvalue weighted by Gasteiger charge is -2.11. The molecule has 3 nitrogen and oxygen atoms in total. The Morgan fingerprint density at radius 3 is 2.44 bits per heavy atom. The maximum Gasteiger partial charge on any atom is 0.163 e. The van der Waals surface area contributed by atoms with Gasteiger partial charge in [-0.15, -0.1) is 0 Å². The first-order chi connectivity index (χ1) is 8.72. The minimum absolute atomic E-state index is 0.147. The van der Waals surface area contributed by atoms with Gasteiger partial charge in [0.1, 0.15) is 0 Å². The van der Waals surface area contributed by atoms with E-state index in [1.54, 1.807) is 30.0 Å². The molecular formula is C14H20O3S. The number of hydrogen-bond donors (Lipinski definition) is 0. The number of ether oxygens (including phenoxy) is 2. The zero-order valence-corrected chi connectivity index (χ0v) is 12.0. The Hall–Kier alpha value is -1.16. The molecule has 0 aliphatic heterocycles. The molecule has 0 fully saturated rings. The summed E-state index contributed by atoms with van der Waals surface area (Å²) in [7, 11) is 0. The lowest BCUT2D eigenvalue weighted by molar-refractivity contribution is 0.0989. The molecule has 0 bridgehead atoms. The van der Waals surface area contributed by atoms with E-state index in [9.17, 15) is 4.79 Å². The molecule has 0 aliphatic carbocycles. The van der Waals surface area contributed by atoms with Gasteiger partial charge in [0.2, 0.25) is 0 Å². The highest BCUT2D eigenvalue weighted by Crippen LogP contribution is 2.29. The molecule has 1 aromatic rings. The molecule has 0 aliphatic rings. The van der Waals surface area contributed by atoms with E-state index in [0.717, 1.165) is 5.75 Å². The van der Waals surface area contributed by atoms with Crippen LogP contribution in [0.25, 0.3) is 0 Å². The fourth-order valence-electron chi connectivity index (χ4n) is 1.56. The summed E-state index contributed by atoms with van der Waals surface area (Å²) in [6.45, 7) is 4.98. The first-order valence-electron chi connectivity index (χ1n) is 6.14. The van der Waals surface area contributed by atoms with Crippen LogP contribution in [0.2, 0.25) is 0 Å². The molecule has 0 radical (unpaired) electrons. The molecule has 4 heteroatoms. The van der Waals surface area contributed by atoms with Crippen molar-refractivity contribution in [2.24, 2.45) is 0 Å². The standard InChI is InChI=1S/C14H20O3S/c1-4-16-13-7-6-11(10-14(13)17-5-2)12(15)8-9-18-3/h6-7,10H,4-5,8-9H2,1-3H3. The van der Waals surface area contributed by atoms with Crippen molar-refractivity contribution in [3.8, 4) is 11.5 Å². The summed E-state index contributed by atoms with van der Waals surface area (Å²) in [5, 5.41) is 0. The lowest BCUT2D eigenvalue weighted by Crippen LogP contribution is -2.03. The van der Waals surface area contributed by atoms with Gasteiger partial charge in [-0.1, -0.05) is 0 Å². The summed E-state index contributed by atoms with van der Waals surface area (Å²) >= 11 is 1.67. The van der Waals surface area contributed by atoms with Gasteiger partial charge in [0.15, 0.2) is 17.3 Å². The number of hydrogen-bond acceptors (Lipinski definition) is 4. The fourth-order valence-corrected chi connectivity index (χ4v) is 1.95. The van der Waals surface area contributed by atoms with Crippen LogP contribution >= 0.6 is 11.8 Å². The second-order valence-corrected chi connectivity index (χ2v) is 4.68. The van der Waals surface area contributed by atoms with Gasteiger partial charge in [0.25, 0.3) is 0 Å². The molecule has 0 aromatic heterocycles. The number of benzene rings is 1. The Morgan fingerprint density at radius 1 is 1.17 bits per heavy atom. The van der Waals surface area contributed by atoms with Crippen LogP contribution in [0.4, 0.5) is 0 Å². The molecular weight excluding hydrogens is 248 g/mol. The van der Waals surface area contributed by atoms with Crippen LogP contribution in [-0.4, -0.2) is 31.0 Å². The number of ketones is 1. The average Bonchev–Trinajstić information content (AvgIpc) is 2.38. The largest absolute Gasteiger partial charge is 0.490 e. The van der Waals surface area contributed by atoms with E-state index in [1.807, 2.05) is 20.1 Å². The number of carbonyl (C=O) groups is 1. The van der Waals surface area contributed by atoms with E-state index in [0.29, 0.717) is 36.7 Å². The molecule has 0 amide bonds. The molecule has 18 heavy (non-hydrogen) atoms. The lowest BCUT2D eigenvalue weighted by atomic mass is 10.1. The summed E-state index contributed by atoms with van der Waals surface area (Å²) in [5.74, 6) is 2.33. The monoisotopic (exact) mass is 268 g/mol. The normalized spacial score (nSPS) is 10.2. The zero-order valence-electron chi connectivity index (χ0n) is 11.2. The third-order valence-corrected chi connectivity index (χ3v) is 3.01. The Kier molecular flexibility index (Phi) is 6.65. The zero-order chi connectivity index (χ0) is 13.4. The van der Waals surface area contributed by atoms with Crippen LogP contribution in [0, 0.1) is 0 Å². The Labute approximate surface area is 113 Å². The van der Waals surface area contributed by atoms with Crippen molar-refractivity contribution in [2.75, 3.05) is 25.2 Å². The summed E-state index contributed by atoms with van der Waals surface area (Å²) in [4.78, 5) is 11.9. The highest BCUT2D eigenvalue weighted by molar-refractivity contribution is 7.98. The number of Topliss-reactive ketones (excluding diaryl/α,β-unsaturated/α-hetero) is 1. The van der Waals surface area contributed by atoms with Gasteiger partial charge in [-0.2, -0.15) is 11.8 Å². The maximum absolute atomic E-state index is 11.9. The summed E-state index contributed by atoms with van der Waals surface area (Å²) in [6.07, 6.45) is 2.55. The van der Waals surface area contributed by atoms with Crippen molar-refractivity contribution in [2.45, 2.75) is 20.3 Å². The van der Waals surface area contributed by atoms with Crippen LogP contribution in [0.15, 0.2) is 18.2 Å². The van der Waals surface area contributed by atoms with E-state index in [1.165, 1.54) is 0 Å². The van der Waals surface area contributed by atoms with Crippen molar-refractivity contribution in [1.29, 1.82) is 0 Å². The third-order valence-electron chi connectivity index (χ3n) is 2.40. The van der Waals surface area contributed by atoms with Gasteiger partial charge in [-0.05, 0) is 38.3 Å². The number of carbonyl (C=O) groups excluding carboxylic acids is 1. The molecule has 0 unspecified atom stereocenters. The Morgan fingerprint density at radius 2 is 1.83 bits per heavy atom. The van der Waals surface area contributed by atoms with Crippen LogP contribution in [0.3, 0.4) is 0 Å². The van der Waals surface area contributed by atoms with Crippen LogP contribution < -0.4 is 9.47 Å². The summed E-state index contributed by atoms with van der Waals surface area (Å²) < 4.78 is 11.0. The molecule has 0 N–H and O–H groups in total. The van der Waals surface area contributed by atoms with Crippen molar-refractivity contribution < 1.29 is 14.3 Å². The third kappa shape index (κ3) is 4.26. The highest BCUT2D eigenvalue weighted by atomic mass is 32.2. The van der Waals surface area contributed by atoms with E-state index in [-0.39, 0.29) is 5.78 Å². The summed E-state index contributed by atoms with van der Waals surface area (Å²) in [6, 6.07) is 5.38. The molecule has 1 aromatic carbocycles. The topological polar surface area (TPSA) is 35.5 Å². The minimum atomic E-state index is 0.147. The Bertz CT molecular complexity index is 391. The molecule has 0 heterocycles. The van der Waals surface area contributed by atoms with E-state index < -0.39 is 0 Å². The van der Waals surface area contributed by atoms with E-state index in [2.05, 4.69) is 0 Å². The fraction of sp³-hybridized carbons (Fsp3) is 0.500. The predicted molar refractivity (Wildman–Crippen MR) is 76.1 cm³/mol. The smallest absolute Gasteiger partial charge is 0.163 e. The van der Waals surface area contributed by atoms with Crippen molar-refractivity contribution in [1.82, 2.24) is 0 Å². The van der Waals surface area contributed by atoms with Gasteiger partial charge in [0.05, 0.1) is 13.2 Å². The highest BCUT2D eigenvalue weighted by Gasteiger charge is 2.11. The predicted octanol–water partition coefficient (Wildman–Crippen LogP) is 3.42. The van der Waals surface area contributed by atoms with Crippen LogP contribution in [0.1, 0.15) is 30.6 Å². The minimum Gasteiger partial charge on any atom is -0.490 e. The van der Waals surface area contributed by atoms with Gasteiger partial charge < -0.3 is 9.47 Å². The average molecular weight is 268 g/mol. The quantitative estimate of drug-likeness (QED) is 0.677. The first-order valence-corrected chi connectivity index (χ1v) is 7.54. The Balaban J connectivity index is 2.87. The number of rotatable bonds is 8. The van der Waals surface area contributed by atoms with E-state index >= 15 is 0 Å². The van der Waals surface area contributed by atoms with E-state index in [4.69, 9.17) is 9.47 Å². The number of thioether (sulfide) groups is 1. The van der Waals surface area contributed by atoms with Crippen molar-refractivity contribution in [3.05, 3.63) is 23.8 Å². The van der Waals surface area contributed by atoms with Crippen LogP contribution in [0.5, 0.6) is 11.5 Å². The molecule has 100 valence electrons. The summed E-state index contributed by atoms with van der Waals surface area (Å²) in [5.41, 5.74) is 0.691. The molecule has 0 saturated carbocycles. The SMILES string of the molecule is CCOc1ccc(C(=O)CCSC)cc1OCC. The van der Waals surface area contributed by atoms with Crippen molar-refractivity contribution >= 4 is 17.5 Å². The van der Waals surface area contributed by atoms with Gasteiger partial charge >= 0.3 is 0 Å². The molecule has 0 saturated heterocycles. The maximum atomic E-state index is 11.9. The molecule has 0 spiro atoms. The van der Waals surface area contributed by atoms with Gasteiger partial charge in [-0.3, -0.25) is 4.79 Å². The van der Waals surface area contributed by atoms with Crippen LogP contribution in [-0.2, 0) is 0 Å². The second-order valence-electron chi connectivity index (χ2n) is 3.69. The molecule has 1 rings (SSSR count). The van der Waals surface area contributed by atoms with Gasteiger partial charge in [-0.25, -0.2) is 0 Å². The van der Waals surface area contributed by atoms with Gasteiger partial charge in [0, 0.05) is 17.7 Å².